The molecule has 0 amide bonds. The van der Waals surface area contributed by atoms with Gasteiger partial charge >= 0.3 is 11.9 Å². The van der Waals surface area contributed by atoms with Gasteiger partial charge < -0.3 is 20.6 Å². The van der Waals surface area contributed by atoms with E-state index in [0.717, 1.165) is 18.5 Å². The number of rotatable bonds is 20. The summed E-state index contributed by atoms with van der Waals surface area (Å²) in [6.07, 6.45) is 16.3. The molecule has 8 nitrogen and oxygen atoms in total. The molecule has 1 aromatic heterocycles. The van der Waals surface area contributed by atoms with Gasteiger partial charge in [-0.1, -0.05) is 77.6 Å². The standard InChI is InChI=1S/C25H43N3O5S/c1-2-3-4-5-6-7-8-9-10-11-12-13-15-19-21(27-25(34)28-23(19)31)16-14-17-33-24(32)20(26)18-22(29)30/h20H,2-18,26H2,1H3,(H,29,30)(H2,27,28,31,34). The van der Waals surface area contributed by atoms with Crippen LogP contribution in [0.25, 0.3) is 0 Å². The second-order valence-electron chi connectivity index (χ2n) is 8.98. The number of carboxylic acid groups (broad SMARTS) is 1. The van der Waals surface area contributed by atoms with E-state index in [1.54, 1.807) is 0 Å². The molecule has 9 heteroatoms. The highest BCUT2D eigenvalue weighted by Crippen LogP contribution is 2.14. The zero-order valence-electron chi connectivity index (χ0n) is 20.7. The first kappa shape index (κ1) is 30.0. The number of carboxylic acids is 1. The van der Waals surface area contributed by atoms with Crippen LogP contribution in [-0.4, -0.2) is 39.7 Å². The predicted molar refractivity (Wildman–Crippen MR) is 137 cm³/mol. The van der Waals surface area contributed by atoms with Crippen molar-refractivity contribution in [2.75, 3.05) is 6.61 Å². The highest BCUT2D eigenvalue weighted by Gasteiger charge is 2.18. The minimum Gasteiger partial charge on any atom is -0.481 e. The zero-order chi connectivity index (χ0) is 25.2. The first-order chi connectivity index (χ1) is 16.3. The number of hydrogen-bond donors (Lipinski definition) is 4. The van der Waals surface area contributed by atoms with Crippen molar-refractivity contribution in [2.45, 2.75) is 116 Å². The molecule has 0 radical (unpaired) electrons. The second-order valence-corrected chi connectivity index (χ2v) is 9.39. The third kappa shape index (κ3) is 13.6. The van der Waals surface area contributed by atoms with Crippen LogP contribution < -0.4 is 11.3 Å². The van der Waals surface area contributed by atoms with Gasteiger partial charge in [-0.25, -0.2) is 0 Å². The van der Waals surface area contributed by atoms with Crippen LogP contribution in [-0.2, 0) is 27.2 Å². The van der Waals surface area contributed by atoms with Gasteiger partial charge in [0.15, 0.2) is 4.77 Å². The SMILES string of the molecule is CCCCCCCCCCCCCCc1c(CCCOC(=O)C(N)CC(=O)O)[nH]c(=S)[nH]c1=O. The molecule has 0 aromatic carbocycles. The number of aryl methyl sites for hydroxylation is 1. The molecular formula is C25H43N3O5S. The smallest absolute Gasteiger partial charge is 0.323 e. The highest BCUT2D eigenvalue weighted by atomic mass is 32.1. The van der Waals surface area contributed by atoms with E-state index in [1.807, 2.05) is 0 Å². The second kappa shape index (κ2) is 18.3. The number of carbonyl (C=O) groups is 2. The van der Waals surface area contributed by atoms with Crippen LogP contribution >= 0.6 is 12.2 Å². The van der Waals surface area contributed by atoms with Crippen LogP contribution in [0.1, 0.15) is 108 Å². The molecule has 1 rings (SSSR count). The third-order valence-corrected chi connectivity index (χ3v) is 6.13. The van der Waals surface area contributed by atoms with Crippen molar-refractivity contribution in [3.05, 3.63) is 26.4 Å². The molecule has 1 heterocycles. The maximum absolute atomic E-state index is 12.4. The van der Waals surface area contributed by atoms with E-state index in [2.05, 4.69) is 16.9 Å². The fourth-order valence-corrected chi connectivity index (χ4v) is 4.20. The molecule has 0 saturated carbocycles. The van der Waals surface area contributed by atoms with Crippen molar-refractivity contribution < 1.29 is 19.4 Å². The Morgan fingerprint density at radius 3 is 2.03 bits per heavy atom. The number of hydrogen-bond acceptors (Lipinski definition) is 6. The number of H-pyrrole nitrogens is 2. The molecule has 1 atom stereocenters. The summed E-state index contributed by atoms with van der Waals surface area (Å²) in [5.41, 5.74) is 6.80. The molecule has 0 aliphatic heterocycles. The van der Waals surface area contributed by atoms with E-state index in [-0.39, 0.29) is 16.9 Å². The summed E-state index contributed by atoms with van der Waals surface area (Å²) in [5.74, 6) is -1.89. The van der Waals surface area contributed by atoms with Gasteiger partial charge in [0.2, 0.25) is 0 Å². The summed E-state index contributed by atoms with van der Waals surface area (Å²) in [6, 6.07) is -1.18. The monoisotopic (exact) mass is 497 g/mol. The third-order valence-electron chi connectivity index (χ3n) is 5.92. The summed E-state index contributed by atoms with van der Waals surface area (Å²) in [5, 5.41) is 8.69. The topological polar surface area (TPSA) is 138 Å². The van der Waals surface area contributed by atoms with E-state index in [1.165, 1.54) is 64.2 Å². The van der Waals surface area contributed by atoms with Gasteiger partial charge in [-0.3, -0.25) is 19.4 Å². The van der Waals surface area contributed by atoms with Crippen molar-refractivity contribution in [3.63, 3.8) is 0 Å². The molecule has 0 spiro atoms. The molecule has 0 aliphatic carbocycles. The minimum absolute atomic E-state index is 0.0948. The lowest BCUT2D eigenvalue weighted by molar-refractivity contribution is -0.149. The van der Waals surface area contributed by atoms with Crippen LogP contribution in [0.4, 0.5) is 0 Å². The molecule has 0 aliphatic rings. The van der Waals surface area contributed by atoms with Crippen LogP contribution in [0, 0.1) is 4.77 Å². The number of aliphatic carboxylic acids is 1. The molecule has 0 saturated heterocycles. The van der Waals surface area contributed by atoms with Gasteiger partial charge in [0.25, 0.3) is 5.56 Å². The maximum Gasteiger partial charge on any atom is 0.323 e. The summed E-state index contributed by atoms with van der Waals surface area (Å²) in [4.78, 5) is 40.5. The molecule has 1 unspecified atom stereocenters. The first-order valence-electron chi connectivity index (χ1n) is 12.8. The van der Waals surface area contributed by atoms with E-state index in [9.17, 15) is 14.4 Å². The number of nitrogens with one attached hydrogen (secondary N) is 2. The lowest BCUT2D eigenvalue weighted by Gasteiger charge is -2.11. The largest absolute Gasteiger partial charge is 0.481 e. The Hall–Kier alpha value is -2.00. The summed E-state index contributed by atoms with van der Waals surface area (Å²) in [7, 11) is 0. The summed E-state index contributed by atoms with van der Waals surface area (Å²) < 4.78 is 5.33. The van der Waals surface area contributed by atoms with E-state index < -0.39 is 24.4 Å². The van der Waals surface area contributed by atoms with Crippen LogP contribution in [0.5, 0.6) is 0 Å². The van der Waals surface area contributed by atoms with Gasteiger partial charge in [-0.05, 0) is 37.9 Å². The fourth-order valence-electron chi connectivity index (χ4n) is 3.98. The van der Waals surface area contributed by atoms with E-state index >= 15 is 0 Å². The van der Waals surface area contributed by atoms with Crippen molar-refractivity contribution in [1.29, 1.82) is 0 Å². The average Bonchev–Trinajstić information content (AvgIpc) is 2.78. The lowest BCUT2D eigenvalue weighted by atomic mass is 10.0. The average molecular weight is 498 g/mol. The van der Waals surface area contributed by atoms with Gasteiger partial charge in [0, 0.05) is 11.3 Å². The Morgan fingerprint density at radius 1 is 0.912 bits per heavy atom. The number of aromatic nitrogens is 2. The molecule has 194 valence electrons. The quantitative estimate of drug-likeness (QED) is 0.113. The van der Waals surface area contributed by atoms with E-state index in [0.29, 0.717) is 24.8 Å². The van der Waals surface area contributed by atoms with Gasteiger partial charge in [0.05, 0.1) is 13.0 Å². The summed E-state index contributed by atoms with van der Waals surface area (Å²) in [6.45, 7) is 2.34. The molecule has 34 heavy (non-hydrogen) atoms. The Kier molecular flexibility index (Phi) is 16.2. The number of nitrogens with two attached hydrogens (primary N) is 1. The van der Waals surface area contributed by atoms with Gasteiger partial charge in [-0.2, -0.15) is 0 Å². The predicted octanol–water partition coefficient (Wildman–Crippen LogP) is 4.95. The maximum atomic E-state index is 12.4. The number of esters is 1. The Balaban J connectivity index is 2.31. The zero-order valence-corrected chi connectivity index (χ0v) is 21.5. The van der Waals surface area contributed by atoms with Crippen molar-refractivity contribution in [1.82, 2.24) is 9.97 Å². The Bertz CT molecular complexity index is 837. The summed E-state index contributed by atoms with van der Waals surface area (Å²) >= 11 is 5.11. The molecular weight excluding hydrogens is 454 g/mol. The molecule has 1 aromatic rings. The van der Waals surface area contributed by atoms with Crippen molar-refractivity contribution in [2.24, 2.45) is 5.73 Å². The Morgan fingerprint density at radius 2 is 1.47 bits per heavy atom. The lowest BCUT2D eigenvalue weighted by Crippen LogP contribution is -2.34. The number of ether oxygens (including phenoxy) is 1. The minimum atomic E-state index is -1.18. The van der Waals surface area contributed by atoms with Crippen LogP contribution in [0.15, 0.2) is 4.79 Å². The van der Waals surface area contributed by atoms with Gasteiger partial charge in [0.1, 0.15) is 6.04 Å². The van der Waals surface area contributed by atoms with Crippen LogP contribution in [0.3, 0.4) is 0 Å². The van der Waals surface area contributed by atoms with E-state index in [4.69, 9.17) is 27.8 Å². The van der Waals surface area contributed by atoms with Crippen molar-refractivity contribution >= 4 is 24.2 Å². The fraction of sp³-hybridized carbons (Fsp3) is 0.760. The molecule has 0 bridgehead atoms. The number of aromatic amines is 2. The number of carbonyl (C=O) groups excluding carboxylic acids is 1. The Labute approximate surface area is 208 Å². The normalized spacial score (nSPS) is 11.9. The van der Waals surface area contributed by atoms with Crippen molar-refractivity contribution in [3.8, 4) is 0 Å². The molecule has 5 N–H and O–H groups in total. The van der Waals surface area contributed by atoms with Gasteiger partial charge in [-0.15, -0.1) is 0 Å². The molecule has 0 fully saturated rings. The number of unbranched alkanes of at least 4 members (excludes halogenated alkanes) is 11. The highest BCUT2D eigenvalue weighted by molar-refractivity contribution is 7.71. The van der Waals surface area contributed by atoms with Crippen LogP contribution in [0.2, 0.25) is 0 Å². The first-order valence-corrected chi connectivity index (χ1v) is 13.2.